The van der Waals surface area contributed by atoms with Crippen molar-refractivity contribution in [1.82, 2.24) is 0 Å². The Kier molecular flexibility index (Phi) is 5.13. The van der Waals surface area contributed by atoms with Crippen LogP contribution in [0.4, 0.5) is 0 Å². The Morgan fingerprint density at radius 1 is 0.667 bits per heavy atom. The Bertz CT molecular complexity index is 646. The average Bonchev–Trinajstić information content (AvgIpc) is 2.54. The molecule has 24 heavy (non-hydrogen) atoms. The predicted molar refractivity (Wildman–Crippen MR) is 105 cm³/mol. The molecule has 0 N–H and O–H groups in total. The minimum Gasteiger partial charge on any atom is -0.0590 e. The molecular formula is C24H32. The molecule has 0 nitrogen and oxygen atoms in total. The Labute approximate surface area is 148 Å². The van der Waals surface area contributed by atoms with E-state index < -0.39 is 0 Å². The van der Waals surface area contributed by atoms with E-state index in [0.717, 1.165) is 0 Å². The largest absolute Gasteiger partial charge is 0.0590 e. The van der Waals surface area contributed by atoms with Crippen LogP contribution in [0.2, 0.25) is 0 Å². The second kappa shape index (κ2) is 7.13. The van der Waals surface area contributed by atoms with Crippen molar-refractivity contribution in [1.29, 1.82) is 0 Å². The standard InChI is InChI=1S/C24H32/c1-18-8-10-22(20(3)14-18)16-24(12-6-5-7-13-24)17-23-11-9-19(2)15-21(23)4/h8-11,14-15H,5-7,12-13,16-17H2,1-4H3. The van der Waals surface area contributed by atoms with Crippen molar-refractivity contribution in [2.45, 2.75) is 72.6 Å². The first kappa shape index (κ1) is 17.3. The number of rotatable bonds is 4. The zero-order chi connectivity index (χ0) is 17.2. The molecule has 0 spiro atoms. The number of hydrogen-bond donors (Lipinski definition) is 0. The molecule has 0 amide bonds. The summed E-state index contributed by atoms with van der Waals surface area (Å²) >= 11 is 0. The fourth-order valence-electron chi connectivity index (χ4n) is 4.61. The first-order valence-electron chi connectivity index (χ1n) is 9.60. The van der Waals surface area contributed by atoms with E-state index in [1.54, 1.807) is 11.1 Å². The van der Waals surface area contributed by atoms with Crippen molar-refractivity contribution in [3.63, 3.8) is 0 Å². The normalized spacial score (nSPS) is 17.0. The van der Waals surface area contributed by atoms with Crippen LogP contribution >= 0.6 is 0 Å². The smallest absolute Gasteiger partial charge is 0.0216 e. The number of aryl methyl sites for hydroxylation is 4. The molecule has 0 heteroatoms. The molecule has 1 saturated carbocycles. The van der Waals surface area contributed by atoms with E-state index in [1.165, 1.54) is 67.2 Å². The zero-order valence-corrected chi connectivity index (χ0v) is 15.9. The zero-order valence-electron chi connectivity index (χ0n) is 15.9. The molecule has 0 radical (unpaired) electrons. The van der Waals surface area contributed by atoms with Crippen LogP contribution in [0.25, 0.3) is 0 Å². The van der Waals surface area contributed by atoms with Crippen LogP contribution in [0.15, 0.2) is 36.4 Å². The van der Waals surface area contributed by atoms with E-state index >= 15 is 0 Å². The number of benzene rings is 2. The second-order valence-electron chi connectivity index (χ2n) is 8.27. The van der Waals surface area contributed by atoms with Crippen LogP contribution in [0.3, 0.4) is 0 Å². The van der Waals surface area contributed by atoms with E-state index in [0.29, 0.717) is 5.41 Å². The monoisotopic (exact) mass is 320 g/mol. The molecule has 0 aliphatic heterocycles. The van der Waals surface area contributed by atoms with Gasteiger partial charge < -0.3 is 0 Å². The van der Waals surface area contributed by atoms with Gasteiger partial charge >= 0.3 is 0 Å². The minimum atomic E-state index is 0.457. The summed E-state index contributed by atoms with van der Waals surface area (Å²) in [6.07, 6.45) is 9.47. The quantitative estimate of drug-likeness (QED) is 0.591. The van der Waals surface area contributed by atoms with Crippen LogP contribution in [0, 0.1) is 33.1 Å². The third kappa shape index (κ3) is 3.91. The minimum absolute atomic E-state index is 0.457. The van der Waals surface area contributed by atoms with Crippen molar-refractivity contribution in [3.05, 3.63) is 69.8 Å². The van der Waals surface area contributed by atoms with Crippen LogP contribution in [-0.2, 0) is 12.8 Å². The molecule has 0 aromatic heterocycles. The molecule has 0 unspecified atom stereocenters. The van der Waals surface area contributed by atoms with Crippen LogP contribution < -0.4 is 0 Å². The summed E-state index contributed by atoms with van der Waals surface area (Å²) < 4.78 is 0. The molecule has 1 fully saturated rings. The average molecular weight is 321 g/mol. The van der Waals surface area contributed by atoms with Gasteiger partial charge in [-0.3, -0.25) is 0 Å². The molecule has 0 bridgehead atoms. The lowest BCUT2D eigenvalue weighted by Crippen LogP contribution is -2.30. The van der Waals surface area contributed by atoms with Gasteiger partial charge in [-0.1, -0.05) is 66.8 Å². The molecule has 1 aliphatic carbocycles. The molecule has 2 aromatic rings. The number of hydrogen-bond acceptors (Lipinski definition) is 0. The molecule has 3 rings (SSSR count). The molecular weight excluding hydrogens is 288 g/mol. The first-order valence-corrected chi connectivity index (χ1v) is 9.60. The fraction of sp³-hybridized carbons (Fsp3) is 0.500. The van der Waals surface area contributed by atoms with Gasteiger partial charge in [0, 0.05) is 0 Å². The highest BCUT2D eigenvalue weighted by Crippen LogP contribution is 2.43. The lowest BCUT2D eigenvalue weighted by Gasteiger charge is -2.39. The molecule has 1 aliphatic rings. The summed E-state index contributed by atoms with van der Waals surface area (Å²) in [5.41, 5.74) is 9.28. The van der Waals surface area contributed by atoms with E-state index in [-0.39, 0.29) is 0 Å². The Hall–Kier alpha value is -1.56. The van der Waals surface area contributed by atoms with Crippen molar-refractivity contribution in [3.8, 4) is 0 Å². The molecule has 0 heterocycles. The van der Waals surface area contributed by atoms with Gasteiger partial charge in [0.2, 0.25) is 0 Å². The van der Waals surface area contributed by atoms with Crippen LogP contribution in [-0.4, -0.2) is 0 Å². The van der Waals surface area contributed by atoms with Gasteiger partial charge in [-0.25, -0.2) is 0 Å². The van der Waals surface area contributed by atoms with Gasteiger partial charge in [0.25, 0.3) is 0 Å². The third-order valence-corrected chi connectivity index (χ3v) is 6.04. The fourth-order valence-corrected chi connectivity index (χ4v) is 4.61. The van der Waals surface area contributed by atoms with Crippen molar-refractivity contribution >= 4 is 0 Å². The lowest BCUT2D eigenvalue weighted by atomic mass is 9.66. The van der Waals surface area contributed by atoms with Gasteiger partial charge in [-0.15, -0.1) is 0 Å². The maximum Gasteiger partial charge on any atom is -0.0216 e. The second-order valence-corrected chi connectivity index (χ2v) is 8.27. The summed E-state index contributed by atoms with van der Waals surface area (Å²) in [5, 5.41) is 0. The van der Waals surface area contributed by atoms with E-state index in [4.69, 9.17) is 0 Å². The van der Waals surface area contributed by atoms with E-state index in [9.17, 15) is 0 Å². The SMILES string of the molecule is Cc1ccc(CC2(Cc3ccc(C)cc3C)CCCCC2)c(C)c1. The van der Waals surface area contributed by atoms with E-state index in [2.05, 4.69) is 64.1 Å². The van der Waals surface area contributed by atoms with Gasteiger partial charge in [0.05, 0.1) is 0 Å². The van der Waals surface area contributed by atoms with Gasteiger partial charge in [-0.2, -0.15) is 0 Å². The Balaban J connectivity index is 1.89. The topological polar surface area (TPSA) is 0 Å². The van der Waals surface area contributed by atoms with Crippen LogP contribution in [0.5, 0.6) is 0 Å². The molecule has 128 valence electrons. The summed E-state index contributed by atoms with van der Waals surface area (Å²) in [6.45, 7) is 8.97. The van der Waals surface area contributed by atoms with Crippen molar-refractivity contribution in [2.24, 2.45) is 5.41 Å². The van der Waals surface area contributed by atoms with Gasteiger partial charge in [0.1, 0.15) is 0 Å². The molecule has 2 aromatic carbocycles. The Morgan fingerprint density at radius 3 is 1.54 bits per heavy atom. The van der Waals surface area contributed by atoms with E-state index in [1.807, 2.05) is 0 Å². The van der Waals surface area contributed by atoms with Gasteiger partial charge in [0.15, 0.2) is 0 Å². The Morgan fingerprint density at radius 2 is 1.12 bits per heavy atom. The highest BCUT2D eigenvalue weighted by molar-refractivity contribution is 5.34. The maximum atomic E-state index is 2.38. The first-order chi connectivity index (χ1) is 11.5. The lowest BCUT2D eigenvalue weighted by molar-refractivity contribution is 0.185. The predicted octanol–water partition coefficient (Wildman–Crippen LogP) is 6.66. The summed E-state index contributed by atoms with van der Waals surface area (Å²) in [5.74, 6) is 0. The highest BCUT2D eigenvalue weighted by Gasteiger charge is 2.33. The molecule has 0 atom stereocenters. The summed E-state index contributed by atoms with van der Waals surface area (Å²) in [7, 11) is 0. The molecule has 0 saturated heterocycles. The van der Waals surface area contributed by atoms with Gasteiger partial charge in [-0.05, 0) is 81.0 Å². The van der Waals surface area contributed by atoms with Crippen molar-refractivity contribution in [2.75, 3.05) is 0 Å². The third-order valence-electron chi connectivity index (χ3n) is 6.04. The summed E-state index contributed by atoms with van der Waals surface area (Å²) in [4.78, 5) is 0. The summed E-state index contributed by atoms with van der Waals surface area (Å²) in [6, 6.07) is 14.0. The van der Waals surface area contributed by atoms with Crippen molar-refractivity contribution < 1.29 is 0 Å². The van der Waals surface area contributed by atoms with Crippen LogP contribution in [0.1, 0.15) is 65.5 Å². The maximum absolute atomic E-state index is 2.38. The highest BCUT2D eigenvalue weighted by atomic mass is 14.4.